The van der Waals surface area contributed by atoms with Crippen LogP contribution in [-0.2, 0) is 29.6 Å². The van der Waals surface area contributed by atoms with Gasteiger partial charge in [-0.05, 0) is 47.4 Å². The maximum atomic E-state index is 13.0. The van der Waals surface area contributed by atoms with Crippen LogP contribution in [0.4, 0.5) is 5.69 Å². The summed E-state index contributed by atoms with van der Waals surface area (Å²) < 4.78 is 30.7. The molecule has 2 atom stereocenters. The molecule has 2 aromatic carbocycles. The van der Waals surface area contributed by atoms with E-state index in [1.807, 2.05) is 20.8 Å². The molecule has 2 amide bonds. The van der Waals surface area contributed by atoms with Crippen LogP contribution >= 0.6 is 11.8 Å². The predicted molar refractivity (Wildman–Crippen MR) is 135 cm³/mol. The third-order valence-electron chi connectivity index (χ3n) is 5.45. The first-order valence-electron chi connectivity index (χ1n) is 10.9. The van der Waals surface area contributed by atoms with Crippen molar-refractivity contribution in [3.8, 4) is 0 Å². The summed E-state index contributed by atoms with van der Waals surface area (Å²) in [6.45, 7) is 6.04. The summed E-state index contributed by atoms with van der Waals surface area (Å²) in [7, 11) is -2.59. The molecule has 1 heterocycles. The summed E-state index contributed by atoms with van der Waals surface area (Å²) in [5, 5.41) is 7.04. The fourth-order valence-corrected chi connectivity index (χ4v) is 5.72. The highest BCUT2D eigenvalue weighted by Crippen LogP contribution is 2.25. The number of nitrogens with one attached hydrogen (secondary N) is 3. The molecule has 35 heavy (non-hydrogen) atoms. The lowest BCUT2D eigenvalue weighted by molar-refractivity contribution is -0.122. The van der Waals surface area contributed by atoms with Gasteiger partial charge in [-0.3, -0.25) is 14.9 Å². The summed E-state index contributed by atoms with van der Waals surface area (Å²) >= 11 is 1.13. The highest BCUT2D eigenvalue weighted by Gasteiger charge is 2.38. The van der Waals surface area contributed by atoms with Crippen LogP contribution in [0.5, 0.6) is 0 Å². The zero-order chi connectivity index (χ0) is 25.8. The Morgan fingerprint density at radius 1 is 1.09 bits per heavy atom. The van der Waals surface area contributed by atoms with E-state index in [9.17, 15) is 22.8 Å². The van der Waals surface area contributed by atoms with Crippen molar-refractivity contribution in [1.29, 1.82) is 0 Å². The molecule has 0 spiro atoms. The second kappa shape index (κ2) is 10.8. The van der Waals surface area contributed by atoms with E-state index in [1.165, 1.54) is 31.4 Å². The van der Waals surface area contributed by atoms with E-state index >= 15 is 0 Å². The van der Waals surface area contributed by atoms with Gasteiger partial charge in [-0.1, -0.05) is 32.9 Å². The van der Waals surface area contributed by atoms with Crippen LogP contribution in [0.1, 0.15) is 36.7 Å². The molecule has 1 fully saturated rings. The molecule has 0 bridgehead atoms. The zero-order valence-electron chi connectivity index (χ0n) is 20.0. The van der Waals surface area contributed by atoms with Crippen molar-refractivity contribution >= 4 is 45.1 Å². The third kappa shape index (κ3) is 6.62. The molecule has 1 aliphatic rings. The fraction of sp³-hybridized carbons (Fsp3) is 0.375. The Balaban J connectivity index is 1.53. The zero-order valence-corrected chi connectivity index (χ0v) is 21.6. The number of ether oxygens (including phenoxy) is 1. The van der Waals surface area contributed by atoms with Gasteiger partial charge in [0.25, 0.3) is 0 Å². The van der Waals surface area contributed by atoms with Gasteiger partial charge in [0.1, 0.15) is 5.50 Å². The van der Waals surface area contributed by atoms with Gasteiger partial charge < -0.3 is 15.4 Å². The summed E-state index contributed by atoms with van der Waals surface area (Å²) in [4.78, 5) is 36.4. The van der Waals surface area contributed by atoms with Crippen molar-refractivity contribution in [3.63, 3.8) is 0 Å². The first-order chi connectivity index (χ1) is 16.4. The second-order valence-corrected chi connectivity index (χ2v) is 12.3. The smallest absolute Gasteiger partial charge is 0.337 e. The molecular weight excluding hydrogens is 490 g/mol. The number of benzene rings is 2. The average molecular weight is 520 g/mol. The quantitative estimate of drug-likeness (QED) is 0.475. The highest BCUT2D eigenvalue weighted by atomic mass is 32.2. The number of sulfone groups is 1. The lowest BCUT2D eigenvalue weighted by atomic mass is 9.87. The number of hydrogen-bond donors (Lipinski definition) is 3. The van der Waals surface area contributed by atoms with Crippen molar-refractivity contribution in [2.45, 2.75) is 41.8 Å². The number of methoxy groups -OCH3 is 1. The minimum absolute atomic E-state index is 0.0163. The molecule has 0 aromatic heterocycles. The van der Waals surface area contributed by atoms with Crippen LogP contribution in [0.25, 0.3) is 0 Å². The molecule has 3 rings (SSSR count). The monoisotopic (exact) mass is 519 g/mol. The Labute approximate surface area is 209 Å². The molecule has 2 unspecified atom stereocenters. The van der Waals surface area contributed by atoms with Gasteiger partial charge >= 0.3 is 5.97 Å². The number of carbonyl (C=O) groups is 3. The molecule has 1 saturated heterocycles. The molecule has 9 nitrogen and oxygen atoms in total. The van der Waals surface area contributed by atoms with Gasteiger partial charge in [-0.15, -0.1) is 11.8 Å². The van der Waals surface area contributed by atoms with Gasteiger partial charge in [0, 0.05) is 12.2 Å². The van der Waals surface area contributed by atoms with E-state index in [0.717, 1.165) is 17.3 Å². The number of thioether (sulfide) groups is 1. The molecule has 2 aromatic rings. The van der Waals surface area contributed by atoms with E-state index in [2.05, 4.69) is 20.7 Å². The summed E-state index contributed by atoms with van der Waals surface area (Å²) in [6.07, 6.45) is 0. The number of anilines is 1. The lowest BCUT2D eigenvalue weighted by Gasteiger charge is -2.29. The van der Waals surface area contributed by atoms with E-state index in [1.54, 1.807) is 24.3 Å². The molecule has 11 heteroatoms. The summed E-state index contributed by atoms with van der Waals surface area (Å²) in [6, 6.07) is 12.8. The number of rotatable bonds is 7. The maximum absolute atomic E-state index is 13.0. The fourth-order valence-electron chi connectivity index (χ4n) is 3.40. The predicted octanol–water partition coefficient (Wildman–Crippen LogP) is 2.29. The number of carbonyl (C=O) groups excluding carboxylic acids is 3. The standard InChI is InChI=1S/C24H29N3O6S2/c1-24(2,3)16-7-11-18(12-8-16)35(31,32)19-13-25-23(27-21(19)29)34-14-20(28)26-17-9-5-15(6-10-17)22(30)33-4/h5-12,19,23,25H,13-14H2,1-4H3,(H,26,28)(H,27,29). The first-order valence-corrected chi connectivity index (χ1v) is 13.5. The minimum atomic E-state index is -3.88. The van der Waals surface area contributed by atoms with Gasteiger partial charge in [-0.2, -0.15) is 0 Å². The van der Waals surface area contributed by atoms with Crippen LogP contribution < -0.4 is 16.0 Å². The van der Waals surface area contributed by atoms with Crippen LogP contribution in [0.15, 0.2) is 53.4 Å². The molecule has 0 aliphatic carbocycles. The molecular formula is C24H29N3O6S2. The lowest BCUT2D eigenvalue weighted by Crippen LogP contribution is -2.59. The van der Waals surface area contributed by atoms with Crippen molar-refractivity contribution in [2.24, 2.45) is 0 Å². The maximum Gasteiger partial charge on any atom is 0.337 e. The Morgan fingerprint density at radius 3 is 2.26 bits per heavy atom. The minimum Gasteiger partial charge on any atom is -0.465 e. The normalized spacial score (nSPS) is 18.5. The Hall–Kier alpha value is -2.89. The first kappa shape index (κ1) is 26.7. The van der Waals surface area contributed by atoms with Crippen LogP contribution in [0.3, 0.4) is 0 Å². The van der Waals surface area contributed by atoms with Crippen molar-refractivity contribution in [3.05, 3.63) is 59.7 Å². The van der Waals surface area contributed by atoms with E-state index in [4.69, 9.17) is 0 Å². The van der Waals surface area contributed by atoms with Crippen molar-refractivity contribution in [1.82, 2.24) is 10.6 Å². The Kier molecular flexibility index (Phi) is 8.24. The van der Waals surface area contributed by atoms with Gasteiger partial charge in [0.2, 0.25) is 11.8 Å². The van der Waals surface area contributed by atoms with Gasteiger partial charge in [-0.25, -0.2) is 13.2 Å². The molecule has 0 radical (unpaired) electrons. The summed E-state index contributed by atoms with van der Waals surface area (Å²) in [5.74, 6) is -1.38. The van der Waals surface area contributed by atoms with Crippen LogP contribution in [0.2, 0.25) is 0 Å². The van der Waals surface area contributed by atoms with E-state index in [-0.39, 0.29) is 28.5 Å². The van der Waals surface area contributed by atoms with E-state index in [0.29, 0.717) is 11.3 Å². The Morgan fingerprint density at radius 2 is 1.71 bits per heavy atom. The van der Waals surface area contributed by atoms with Gasteiger partial charge in [0.15, 0.2) is 15.1 Å². The van der Waals surface area contributed by atoms with Crippen molar-refractivity contribution < 1.29 is 27.5 Å². The van der Waals surface area contributed by atoms with E-state index < -0.39 is 32.5 Å². The largest absolute Gasteiger partial charge is 0.465 e. The number of esters is 1. The van der Waals surface area contributed by atoms with Crippen LogP contribution in [-0.4, -0.2) is 56.4 Å². The topological polar surface area (TPSA) is 131 Å². The number of hydrogen-bond acceptors (Lipinski definition) is 8. The number of amides is 2. The molecule has 1 aliphatic heterocycles. The molecule has 0 saturated carbocycles. The average Bonchev–Trinajstić information content (AvgIpc) is 2.82. The highest BCUT2D eigenvalue weighted by molar-refractivity contribution is 8.00. The molecule has 3 N–H and O–H groups in total. The Bertz CT molecular complexity index is 1190. The second-order valence-electron chi connectivity index (χ2n) is 9.03. The van der Waals surface area contributed by atoms with Crippen LogP contribution in [0, 0.1) is 0 Å². The van der Waals surface area contributed by atoms with Gasteiger partial charge in [0.05, 0.1) is 23.3 Å². The van der Waals surface area contributed by atoms with Crippen molar-refractivity contribution in [2.75, 3.05) is 24.7 Å². The summed E-state index contributed by atoms with van der Waals surface area (Å²) in [5.41, 5.74) is 1.15. The third-order valence-corrected chi connectivity index (χ3v) is 8.55. The molecule has 188 valence electrons. The SMILES string of the molecule is COC(=O)c1ccc(NC(=O)CSC2NCC(S(=O)(=O)c3ccc(C(C)(C)C)cc3)C(=O)N2)cc1.